The molecule has 0 aromatic carbocycles. The Morgan fingerprint density at radius 1 is 1.46 bits per heavy atom. The van der Waals surface area contributed by atoms with E-state index in [0.717, 1.165) is 17.9 Å². The van der Waals surface area contributed by atoms with Gasteiger partial charge < -0.3 is 4.57 Å². The molecule has 0 unspecified atom stereocenters. The lowest BCUT2D eigenvalue weighted by atomic mass is 10.4. The molecule has 0 saturated heterocycles. The Kier molecular flexibility index (Phi) is 5.60. The molecule has 13 heavy (non-hydrogen) atoms. The Morgan fingerprint density at radius 3 is 2.46 bits per heavy atom. The average Bonchev–Trinajstić information content (AvgIpc) is 2.62. The number of imidazole rings is 1. The van der Waals surface area contributed by atoms with Crippen LogP contribution in [0.5, 0.6) is 0 Å². The fourth-order valence-corrected chi connectivity index (χ4v) is 1.04. The molecule has 1 heterocycles. The van der Waals surface area contributed by atoms with Gasteiger partial charge in [0.1, 0.15) is 5.82 Å². The van der Waals surface area contributed by atoms with E-state index in [-0.39, 0.29) is 0 Å². The molecule has 1 rings (SSSR count). The zero-order chi connectivity index (χ0) is 10.3. The van der Waals surface area contributed by atoms with Crippen LogP contribution < -0.4 is 0 Å². The van der Waals surface area contributed by atoms with Crippen LogP contribution in [0.1, 0.15) is 32.3 Å². The third kappa shape index (κ3) is 2.58. The van der Waals surface area contributed by atoms with Crippen LogP contribution >= 0.6 is 0 Å². The van der Waals surface area contributed by atoms with Crippen molar-refractivity contribution in [3.8, 4) is 0 Å². The highest BCUT2D eigenvalue weighted by Gasteiger charge is 2.00. The highest BCUT2D eigenvalue weighted by Crippen LogP contribution is 2.07. The molecule has 0 bridgehead atoms. The molecule has 2 nitrogen and oxygen atoms in total. The molecule has 0 aliphatic heterocycles. The smallest absolute Gasteiger partial charge is 0.136 e. The summed E-state index contributed by atoms with van der Waals surface area (Å²) in [6, 6.07) is 0. The van der Waals surface area contributed by atoms with Gasteiger partial charge in [0.2, 0.25) is 0 Å². The van der Waals surface area contributed by atoms with Gasteiger partial charge in [-0.25, -0.2) is 4.98 Å². The van der Waals surface area contributed by atoms with Crippen LogP contribution in [-0.4, -0.2) is 9.55 Å². The molecule has 0 aliphatic rings. The summed E-state index contributed by atoms with van der Waals surface area (Å²) < 4.78 is 1.94. The number of aromatic nitrogens is 2. The monoisotopic (exact) mass is 178 g/mol. The molecule has 0 saturated carbocycles. The van der Waals surface area contributed by atoms with Gasteiger partial charge in [-0.3, -0.25) is 0 Å². The molecule has 1 aromatic heterocycles. The number of hydrogen-bond acceptors (Lipinski definition) is 1. The van der Waals surface area contributed by atoms with Gasteiger partial charge in [0.25, 0.3) is 0 Å². The summed E-state index contributed by atoms with van der Waals surface area (Å²) in [6.45, 7) is 13.4. The van der Waals surface area contributed by atoms with E-state index >= 15 is 0 Å². The van der Waals surface area contributed by atoms with Crippen LogP contribution in [0.3, 0.4) is 0 Å². The Labute approximate surface area is 80.6 Å². The summed E-state index contributed by atoms with van der Waals surface area (Å²) in [5.74, 6) is 0.858. The van der Waals surface area contributed by atoms with Gasteiger partial charge in [-0.05, 0) is 12.5 Å². The fourth-order valence-electron chi connectivity index (χ4n) is 1.04. The lowest BCUT2D eigenvalue weighted by molar-refractivity contribution is 0.969. The van der Waals surface area contributed by atoms with Crippen molar-refractivity contribution in [1.29, 1.82) is 0 Å². The Balaban J connectivity index is 0.000000671. The van der Waals surface area contributed by atoms with Crippen molar-refractivity contribution in [2.75, 3.05) is 0 Å². The minimum Gasteiger partial charge on any atom is -0.305 e. The molecule has 0 amide bonds. The van der Waals surface area contributed by atoms with E-state index in [1.54, 1.807) is 12.3 Å². The van der Waals surface area contributed by atoms with E-state index in [1.807, 2.05) is 24.6 Å². The maximum Gasteiger partial charge on any atom is 0.136 e. The van der Waals surface area contributed by atoms with E-state index in [0.29, 0.717) is 0 Å². The summed E-state index contributed by atoms with van der Waals surface area (Å²) in [6.07, 6.45) is 6.29. The van der Waals surface area contributed by atoms with Crippen LogP contribution in [-0.2, 0) is 6.42 Å². The predicted molar refractivity (Wildman–Crippen MR) is 59.4 cm³/mol. The maximum absolute atomic E-state index is 4.15. The summed E-state index contributed by atoms with van der Waals surface area (Å²) in [5, 5.41) is 0. The van der Waals surface area contributed by atoms with Gasteiger partial charge in [0, 0.05) is 18.1 Å². The molecule has 0 spiro atoms. The third-order valence-electron chi connectivity index (χ3n) is 1.63. The first kappa shape index (κ1) is 11.7. The van der Waals surface area contributed by atoms with Gasteiger partial charge in [0.15, 0.2) is 0 Å². The first-order valence-corrected chi connectivity index (χ1v) is 4.64. The van der Waals surface area contributed by atoms with Gasteiger partial charge in [-0.15, -0.1) is 0 Å². The zero-order valence-electron chi connectivity index (χ0n) is 8.75. The first-order valence-electron chi connectivity index (χ1n) is 4.64. The second-order valence-corrected chi connectivity index (χ2v) is 2.22. The van der Waals surface area contributed by atoms with Crippen LogP contribution in [0.4, 0.5) is 0 Å². The van der Waals surface area contributed by atoms with Crippen LogP contribution in [0, 0.1) is 0 Å². The second kappa shape index (κ2) is 6.23. The Hall–Kier alpha value is -1.31. The number of aryl methyl sites for hydroxylation is 1. The van der Waals surface area contributed by atoms with Crippen LogP contribution in [0.25, 0.3) is 12.3 Å². The molecule has 1 aromatic rings. The van der Waals surface area contributed by atoms with E-state index in [9.17, 15) is 0 Å². The summed E-state index contributed by atoms with van der Waals surface area (Å²) in [4.78, 5) is 4.15. The SMILES string of the molecule is C=Cc1ncc(CC)n1C=C.CC. The van der Waals surface area contributed by atoms with E-state index in [1.165, 1.54) is 0 Å². The second-order valence-electron chi connectivity index (χ2n) is 2.22. The van der Waals surface area contributed by atoms with Crippen LogP contribution in [0.15, 0.2) is 19.4 Å². The molecule has 0 radical (unpaired) electrons. The molecular weight excluding hydrogens is 160 g/mol. The highest BCUT2D eigenvalue weighted by molar-refractivity contribution is 5.43. The minimum absolute atomic E-state index is 0.858. The van der Waals surface area contributed by atoms with Crippen molar-refractivity contribution in [3.05, 3.63) is 30.9 Å². The normalized spacial score (nSPS) is 8.54. The molecule has 0 atom stereocenters. The maximum atomic E-state index is 4.15. The van der Waals surface area contributed by atoms with E-state index in [2.05, 4.69) is 25.1 Å². The molecule has 0 fully saturated rings. The molecular formula is C11H18N2. The number of hydrogen-bond donors (Lipinski definition) is 0. The Morgan fingerprint density at radius 2 is 2.08 bits per heavy atom. The summed E-state index contributed by atoms with van der Waals surface area (Å²) in [7, 11) is 0. The summed E-state index contributed by atoms with van der Waals surface area (Å²) in [5.41, 5.74) is 1.16. The quantitative estimate of drug-likeness (QED) is 0.695. The Bertz CT molecular complexity index is 272. The van der Waals surface area contributed by atoms with Crippen LogP contribution in [0.2, 0.25) is 0 Å². The van der Waals surface area contributed by atoms with Gasteiger partial charge in [0.05, 0.1) is 0 Å². The van der Waals surface area contributed by atoms with Crippen molar-refractivity contribution in [2.45, 2.75) is 27.2 Å². The minimum atomic E-state index is 0.858. The fraction of sp³-hybridized carbons (Fsp3) is 0.364. The molecule has 0 N–H and O–H groups in total. The van der Waals surface area contributed by atoms with Crippen molar-refractivity contribution in [2.24, 2.45) is 0 Å². The first-order chi connectivity index (χ1) is 6.33. The highest BCUT2D eigenvalue weighted by atomic mass is 15.1. The molecule has 72 valence electrons. The van der Waals surface area contributed by atoms with Crippen molar-refractivity contribution in [1.82, 2.24) is 9.55 Å². The largest absolute Gasteiger partial charge is 0.305 e. The molecule has 2 heteroatoms. The zero-order valence-corrected chi connectivity index (χ0v) is 8.75. The average molecular weight is 178 g/mol. The standard InChI is InChI=1S/C9H12N2.C2H6/c1-4-8-7-10-9(5-2)11(8)6-3;1-2/h5-7H,2-4H2,1H3;1-2H3. The predicted octanol–water partition coefficient (Wildman–Crippen LogP) is 3.22. The van der Waals surface area contributed by atoms with Crippen molar-refractivity contribution in [3.63, 3.8) is 0 Å². The van der Waals surface area contributed by atoms with Gasteiger partial charge in [-0.2, -0.15) is 0 Å². The molecule has 0 aliphatic carbocycles. The van der Waals surface area contributed by atoms with E-state index in [4.69, 9.17) is 0 Å². The van der Waals surface area contributed by atoms with Crippen molar-refractivity contribution >= 4 is 12.3 Å². The van der Waals surface area contributed by atoms with Crippen molar-refractivity contribution < 1.29 is 0 Å². The van der Waals surface area contributed by atoms with Gasteiger partial charge in [-0.1, -0.05) is 33.9 Å². The van der Waals surface area contributed by atoms with Gasteiger partial charge >= 0.3 is 0 Å². The third-order valence-corrected chi connectivity index (χ3v) is 1.63. The van der Waals surface area contributed by atoms with E-state index < -0.39 is 0 Å². The summed E-state index contributed by atoms with van der Waals surface area (Å²) >= 11 is 0. The lowest BCUT2D eigenvalue weighted by Crippen LogP contribution is -1.94. The number of nitrogens with zero attached hydrogens (tertiary/aromatic N) is 2. The number of rotatable bonds is 3. The topological polar surface area (TPSA) is 17.8 Å². The lowest BCUT2D eigenvalue weighted by Gasteiger charge is -1.99.